The Morgan fingerprint density at radius 2 is 1.71 bits per heavy atom. The highest BCUT2D eigenvalue weighted by molar-refractivity contribution is 6.32. The molecule has 0 radical (unpaired) electrons. The van der Waals surface area contributed by atoms with E-state index in [0.717, 1.165) is 5.75 Å². The normalized spacial score (nSPS) is 10.6. The van der Waals surface area contributed by atoms with Crippen LogP contribution in [-0.2, 0) is 9.53 Å². The largest absolute Gasteiger partial charge is 0.497 e. The van der Waals surface area contributed by atoms with Crippen LogP contribution in [0.2, 0.25) is 5.02 Å². The summed E-state index contributed by atoms with van der Waals surface area (Å²) < 4.78 is 26.4. The molecule has 0 unspecified atom stereocenters. The predicted octanol–water partition coefficient (Wildman–Crippen LogP) is 4.39. The Balaban J connectivity index is 1.84. The third kappa shape index (κ3) is 6.39. The number of carbonyl (C=O) groups excluding carboxylic acids is 1. The SMILES string of the molecule is CCOc1cc(/C=C/C(=O)OCCOc2ccc(OC)cc2)cc(Cl)c1OC. The van der Waals surface area contributed by atoms with E-state index in [1.807, 2.05) is 6.92 Å². The maximum atomic E-state index is 11.9. The minimum absolute atomic E-state index is 0.128. The molecule has 0 saturated carbocycles. The molecule has 0 spiro atoms. The van der Waals surface area contributed by atoms with Gasteiger partial charge < -0.3 is 23.7 Å². The first-order valence-corrected chi connectivity index (χ1v) is 9.07. The minimum Gasteiger partial charge on any atom is -0.497 e. The summed E-state index contributed by atoms with van der Waals surface area (Å²) in [7, 11) is 3.12. The molecule has 7 heteroatoms. The molecule has 2 rings (SSSR count). The van der Waals surface area contributed by atoms with Crippen LogP contribution in [0.15, 0.2) is 42.5 Å². The fourth-order valence-electron chi connectivity index (χ4n) is 2.33. The summed E-state index contributed by atoms with van der Waals surface area (Å²) in [6.07, 6.45) is 2.92. The van der Waals surface area contributed by atoms with Gasteiger partial charge in [0.25, 0.3) is 0 Å². The molecule has 150 valence electrons. The number of hydrogen-bond acceptors (Lipinski definition) is 6. The van der Waals surface area contributed by atoms with Gasteiger partial charge in [-0.1, -0.05) is 11.6 Å². The van der Waals surface area contributed by atoms with E-state index in [1.54, 1.807) is 49.6 Å². The molecule has 0 aliphatic carbocycles. The summed E-state index contributed by atoms with van der Waals surface area (Å²) in [6.45, 7) is 2.70. The first-order valence-electron chi connectivity index (χ1n) is 8.69. The fourth-order valence-corrected chi connectivity index (χ4v) is 2.63. The van der Waals surface area contributed by atoms with E-state index in [2.05, 4.69) is 0 Å². The summed E-state index contributed by atoms with van der Waals surface area (Å²) in [5.41, 5.74) is 0.695. The maximum absolute atomic E-state index is 11.9. The van der Waals surface area contributed by atoms with Gasteiger partial charge in [0.15, 0.2) is 11.5 Å². The van der Waals surface area contributed by atoms with E-state index < -0.39 is 5.97 Å². The maximum Gasteiger partial charge on any atom is 0.330 e. The second-order valence-corrected chi connectivity index (χ2v) is 5.90. The highest BCUT2D eigenvalue weighted by Crippen LogP contribution is 2.36. The average Bonchev–Trinajstić information content (AvgIpc) is 2.70. The van der Waals surface area contributed by atoms with Crippen molar-refractivity contribution in [3.63, 3.8) is 0 Å². The van der Waals surface area contributed by atoms with Gasteiger partial charge in [0.2, 0.25) is 0 Å². The summed E-state index contributed by atoms with van der Waals surface area (Å²) in [4.78, 5) is 11.9. The number of hydrogen-bond donors (Lipinski definition) is 0. The monoisotopic (exact) mass is 406 g/mol. The zero-order valence-corrected chi connectivity index (χ0v) is 16.8. The van der Waals surface area contributed by atoms with Crippen molar-refractivity contribution in [3.8, 4) is 23.0 Å². The van der Waals surface area contributed by atoms with Crippen LogP contribution in [0.25, 0.3) is 6.08 Å². The van der Waals surface area contributed by atoms with Gasteiger partial charge in [-0.15, -0.1) is 0 Å². The molecule has 2 aromatic carbocycles. The van der Waals surface area contributed by atoms with Gasteiger partial charge in [0, 0.05) is 6.08 Å². The molecule has 0 saturated heterocycles. The Bertz CT molecular complexity index is 801. The lowest BCUT2D eigenvalue weighted by molar-refractivity contribution is -0.138. The van der Waals surface area contributed by atoms with E-state index >= 15 is 0 Å². The fraction of sp³-hybridized carbons (Fsp3) is 0.286. The van der Waals surface area contributed by atoms with Crippen molar-refractivity contribution >= 4 is 23.6 Å². The molecule has 0 atom stereocenters. The topological polar surface area (TPSA) is 63.2 Å². The molecular weight excluding hydrogens is 384 g/mol. The molecule has 0 fully saturated rings. The van der Waals surface area contributed by atoms with Crippen LogP contribution in [0.1, 0.15) is 12.5 Å². The van der Waals surface area contributed by atoms with Gasteiger partial charge in [-0.2, -0.15) is 0 Å². The average molecular weight is 407 g/mol. The smallest absolute Gasteiger partial charge is 0.330 e. The second-order valence-electron chi connectivity index (χ2n) is 5.49. The summed E-state index contributed by atoms with van der Waals surface area (Å²) in [5.74, 6) is 1.90. The van der Waals surface area contributed by atoms with E-state index in [4.69, 9.17) is 35.3 Å². The molecule has 0 amide bonds. The van der Waals surface area contributed by atoms with Gasteiger partial charge in [0.1, 0.15) is 24.7 Å². The molecule has 0 aliphatic rings. The van der Waals surface area contributed by atoms with Gasteiger partial charge in [0.05, 0.1) is 25.8 Å². The third-order valence-corrected chi connectivity index (χ3v) is 3.88. The second kappa shape index (κ2) is 11.1. The Morgan fingerprint density at radius 1 is 1.00 bits per heavy atom. The van der Waals surface area contributed by atoms with Gasteiger partial charge in [-0.3, -0.25) is 0 Å². The van der Waals surface area contributed by atoms with E-state index in [9.17, 15) is 4.79 Å². The Hall–Kier alpha value is -2.86. The van der Waals surface area contributed by atoms with E-state index in [0.29, 0.717) is 34.4 Å². The van der Waals surface area contributed by atoms with E-state index in [1.165, 1.54) is 13.2 Å². The lowest BCUT2D eigenvalue weighted by atomic mass is 10.2. The molecule has 0 heterocycles. The third-order valence-electron chi connectivity index (χ3n) is 3.60. The molecule has 0 aliphatic heterocycles. The zero-order chi connectivity index (χ0) is 20.4. The molecule has 0 N–H and O–H groups in total. The summed E-state index contributed by atoms with van der Waals surface area (Å²) in [6, 6.07) is 10.6. The van der Waals surface area contributed by atoms with Crippen molar-refractivity contribution in [2.45, 2.75) is 6.92 Å². The van der Waals surface area contributed by atoms with E-state index in [-0.39, 0.29) is 13.2 Å². The molecular formula is C21H23ClO6. The van der Waals surface area contributed by atoms with Crippen molar-refractivity contribution in [1.29, 1.82) is 0 Å². The number of rotatable bonds is 10. The highest BCUT2D eigenvalue weighted by Gasteiger charge is 2.10. The van der Waals surface area contributed by atoms with Gasteiger partial charge in [-0.05, 0) is 55.0 Å². The number of ether oxygens (including phenoxy) is 5. The lowest BCUT2D eigenvalue weighted by Gasteiger charge is -2.11. The van der Waals surface area contributed by atoms with Crippen LogP contribution in [-0.4, -0.2) is 40.0 Å². The quantitative estimate of drug-likeness (QED) is 0.331. The Labute approximate surface area is 169 Å². The zero-order valence-electron chi connectivity index (χ0n) is 16.1. The number of benzene rings is 2. The van der Waals surface area contributed by atoms with Crippen LogP contribution in [0.4, 0.5) is 0 Å². The van der Waals surface area contributed by atoms with Crippen molar-refractivity contribution in [1.82, 2.24) is 0 Å². The molecule has 0 aromatic heterocycles. The van der Waals surface area contributed by atoms with Crippen molar-refractivity contribution < 1.29 is 28.5 Å². The Morgan fingerprint density at radius 3 is 2.36 bits per heavy atom. The number of methoxy groups -OCH3 is 2. The number of carbonyl (C=O) groups is 1. The number of esters is 1. The molecule has 28 heavy (non-hydrogen) atoms. The lowest BCUT2D eigenvalue weighted by Crippen LogP contribution is -2.10. The molecule has 6 nitrogen and oxygen atoms in total. The first-order chi connectivity index (χ1) is 13.6. The van der Waals surface area contributed by atoms with Crippen LogP contribution >= 0.6 is 11.6 Å². The minimum atomic E-state index is -0.483. The molecule has 2 aromatic rings. The molecule has 0 bridgehead atoms. The van der Waals surface area contributed by atoms with Gasteiger partial charge >= 0.3 is 5.97 Å². The number of halogens is 1. The van der Waals surface area contributed by atoms with Gasteiger partial charge in [-0.25, -0.2) is 4.79 Å². The summed E-state index contributed by atoms with van der Waals surface area (Å²) in [5, 5.41) is 0.398. The van der Waals surface area contributed by atoms with Crippen LogP contribution in [0, 0.1) is 0 Å². The highest BCUT2D eigenvalue weighted by atomic mass is 35.5. The first kappa shape index (κ1) is 21.4. The van der Waals surface area contributed by atoms with Crippen molar-refractivity contribution in [2.75, 3.05) is 34.0 Å². The standard InChI is InChI=1S/C21H23ClO6/c1-4-26-19-14-15(13-18(22)21(19)25-3)5-10-20(23)28-12-11-27-17-8-6-16(24-2)7-9-17/h5-10,13-14H,4,11-12H2,1-3H3/b10-5+. The Kier molecular flexibility index (Phi) is 8.49. The van der Waals surface area contributed by atoms with Crippen molar-refractivity contribution in [2.24, 2.45) is 0 Å². The summed E-state index contributed by atoms with van der Waals surface area (Å²) >= 11 is 6.19. The van der Waals surface area contributed by atoms with Crippen LogP contribution in [0.3, 0.4) is 0 Å². The van der Waals surface area contributed by atoms with Crippen LogP contribution < -0.4 is 18.9 Å². The van der Waals surface area contributed by atoms with Crippen LogP contribution in [0.5, 0.6) is 23.0 Å². The predicted molar refractivity (Wildman–Crippen MR) is 108 cm³/mol. The van der Waals surface area contributed by atoms with Crippen molar-refractivity contribution in [3.05, 3.63) is 53.1 Å².